The third kappa shape index (κ3) is 2.51. The van der Waals surface area contributed by atoms with E-state index in [0.717, 1.165) is 0 Å². The number of ketones is 1. The third-order valence-corrected chi connectivity index (χ3v) is 1.80. The Labute approximate surface area is 75.1 Å². The van der Waals surface area contributed by atoms with Gasteiger partial charge in [0.05, 0.1) is 12.5 Å². The molecule has 0 saturated carbocycles. The van der Waals surface area contributed by atoms with Crippen molar-refractivity contribution in [3.63, 3.8) is 0 Å². The molecule has 72 valence electrons. The molecular formula is C7H11N3O3. The van der Waals surface area contributed by atoms with Crippen LogP contribution in [0, 0.1) is 5.92 Å². The minimum atomic E-state index is -0.667. The summed E-state index contributed by atoms with van der Waals surface area (Å²) in [7, 11) is 0. The van der Waals surface area contributed by atoms with Crippen LogP contribution in [-0.4, -0.2) is 24.3 Å². The second kappa shape index (κ2) is 3.99. The smallest absolute Gasteiger partial charge is 0.358 e. The first-order valence-electron chi connectivity index (χ1n) is 3.85. The molecule has 3 N–H and O–H groups in total. The Morgan fingerprint density at radius 2 is 2.38 bits per heavy atom. The number of hydrazine groups is 1. The standard InChI is InChI=1S/C7H11N3O3/c1-4(11)5-2-6(13-3-5)9-7(12)10-8/h5H,2-3,8H2,1H3,(H,10,12)/b9-6-. The van der Waals surface area contributed by atoms with Crippen molar-refractivity contribution in [2.24, 2.45) is 16.8 Å². The van der Waals surface area contributed by atoms with Crippen molar-refractivity contribution in [3.05, 3.63) is 0 Å². The van der Waals surface area contributed by atoms with Gasteiger partial charge >= 0.3 is 6.03 Å². The molecule has 0 aromatic carbocycles. The predicted molar refractivity (Wildman–Crippen MR) is 44.9 cm³/mol. The number of rotatable bonds is 1. The lowest BCUT2D eigenvalue weighted by Crippen LogP contribution is -2.27. The summed E-state index contributed by atoms with van der Waals surface area (Å²) in [5, 5.41) is 0. The molecule has 0 aromatic rings. The molecule has 0 spiro atoms. The quantitative estimate of drug-likeness (QED) is 0.330. The fourth-order valence-corrected chi connectivity index (χ4v) is 1.01. The molecule has 0 bridgehead atoms. The zero-order chi connectivity index (χ0) is 9.84. The Kier molecular flexibility index (Phi) is 2.97. The Balaban J connectivity index is 2.54. The van der Waals surface area contributed by atoms with Crippen LogP contribution in [0.3, 0.4) is 0 Å². The third-order valence-electron chi connectivity index (χ3n) is 1.80. The van der Waals surface area contributed by atoms with Crippen molar-refractivity contribution in [2.75, 3.05) is 6.61 Å². The molecule has 2 amide bonds. The highest BCUT2D eigenvalue weighted by atomic mass is 16.5. The van der Waals surface area contributed by atoms with Crippen LogP contribution >= 0.6 is 0 Å². The highest BCUT2D eigenvalue weighted by molar-refractivity contribution is 5.94. The predicted octanol–water partition coefficient (Wildman–Crippen LogP) is -0.406. The molecule has 0 aromatic heterocycles. The Morgan fingerprint density at radius 1 is 1.69 bits per heavy atom. The summed E-state index contributed by atoms with van der Waals surface area (Å²) in [4.78, 5) is 25.0. The number of carbonyl (C=O) groups excluding carboxylic acids is 2. The largest absolute Gasteiger partial charge is 0.480 e. The van der Waals surface area contributed by atoms with Gasteiger partial charge in [0.25, 0.3) is 0 Å². The second-order valence-corrected chi connectivity index (χ2v) is 2.78. The van der Waals surface area contributed by atoms with Crippen LogP contribution in [0.4, 0.5) is 4.79 Å². The first kappa shape index (κ1) is 9.66. The number of aliphatic imine (C=N–C) groups is 1. The van der Waals surface area contributed by atoms with Crippen molar-refractivity contribution < 1.29 is 14.3 Å². The van der Waals surface area contributed by atoms with Crippen molar-refractivity contribution in [3.8, 4) is 0 Å². The van der Waals surface area contributed by atoms with Gasteiger partial charge in [0.1, 0.15) is 5.78 Å². The van der Waals surface area contributed by atoms with E-state index in [9.17, 15) is 9.59 Å². The number of ether oxygens (including phenoxy) is 1. The summed E-state index contributed by atoms with van der Waals surface area (Å²) in [6.07, 6.45) is 0.378. The molecule has 6 heteroatoms. The summed E-state index contributed by atoms with van der Waals surface area (Å²) in [6, 6.07) is -0.667. The normalized spacial score (nSPS) is 24.2. The van der Waals surface area contributed by atoms with Gasteiger partial charge in [-0.2, -0.15) is 4.99 Å². The molecule has 1 unspecified atom stereocenters. The molecule has 1 aliphatic rings. The number of hydrogen-bond donors (Lipinski definition) is 2. The Bertz CT molecular complexity index is 262. The molecule has 1 aliphatic heterocycles. The highest BCUT2D eigenvalue weighted by Gasteiger charge is 2.26. The summed E-state index contributed by atoms with van der Waals surface area (Å²) in [5.41, 5.74) is 1.84. The Hall–Kier alpha value is -1.43. The minimum absolute atomic E-state index is 0.0401. The molecule has 6 nitrogen and oxygen atoms in total. The van der Waals surface area contributed by atoms with Crippen LogP contribution in [0.1, 0.15) is 13.3 Å². The topological polar surface area (TPSA) is 93.8 Å². The number of nitrogens with one attached hydrogen (secondary N) is 1. The van der Waals surface area contributed by atoms with Crippen LogP contribution in [0.5, 0.6) is 0 Å². The van der Waals surface area contributed by atoms with Crippen LogP contribution in [0.2, 0.25) is 0 Å². The number of Topliss-reactive ketones (excluding diaryl/α,β-unsaturated/α-hetero) is 1. The lowest BCUT2D eigenvalue weighted by Gasteiger charge is -1.95. The van der Waals surface area contributed by atoms with E-state index in [1.54, 1.807) is 0 Å². The maximum atomic E-state index is 10.9. The number of hydrogen-bond acceptors (Lipinski definition) is 4. The summed E-state index contributed by atoms with van der Waals surface area (Å²) in [5.74, 6) is 4.95. The van der Waals surface area contributed by atoms with Crippen LogP contribution < -0.4 is 11.3 Å². The van der Waals surface area contributed by atoms with E-state index < -0.39 is 6.03 Å². The number of nitrogens with two attached hydrogens (primary N) is 1. The van der Waals surface area contributed by atoms with Gasteiger partial charge in [0, 0.05) is 6.42 Å². The fraction of sp³-hybridized carbons (Fsp3) is 0.571. The van der Waals surface area contributed by atoms with Crippen molar-refractivity contribution in [2.45, 2.75) is 13.3 Å². The fourth-order valence-electron chi connectivity index (χ4n) is 1.01. The van der Waals surface area contributed by atoms with Gasteiger partial charge in [0.15, 0.2) is 5.90 Å². The maximum absolute atomic E-state index is 10.9. The van der Waals surface area contributed by atoms with Gasteiger partial charge in [-0.05, 0) is 6.92 Å². The van der Waals surface area contributed by atoms with E-state index in [4.69, 9.17) is 10.6 Å². The molecular weight excluding hydrogens is 174 g/mol. The van der Waals surface area contributed by atoms with Gasteiger partial charge < -0.3 is 4.74 Å². The van der Waals surface area contributed by atoms with Crippen LogP contribution in [0.15, 0.2) is 4.99 Å². The molecule has 0 aliphatic carbocycles. The van der Waals surface area contributed by atoms with E-state index in [0.29, 0.717) is 13.0 Å². The molecule has 1 heterocycles. The van der Waals surface area contributed by atoms with Gasteiger partial charge in [-0.3, -0.25) is 10.2 Å². The minimum Gasteiger partial charge on any atom is -0.480 e. The van der Waals surface area contributed by atoms with E-state index in [1.807, 2.05) is 5.43 Å². The van der Waals surface area contributed by atoms with Crippen LogP contribution in [0.25, 0.3) is 0 Å². The number of carbonyl (C=O) groups is 2. The van der Waals surface area contributed by atoms with Gasteiger partial charge in [-0.1, -0.05) is 0 Å². The molecule has 1 rings (SSSR count). The first-order chi connectivity index (χ1) is 6.13. The summed E-state index contributed by atoms with van der Waals surface area (Å²) >= 11 is 0. The summed E-state index contributed by atoms with van der Waals surface area (Å²) < 4.78 is 5.01. The maximum Gasteiger partial charge on any atom is 0.358 e. The van der Waals surface area contributed by atoms with E-state index >= 15 is 0 Å². The number of urea groups is 1. The zero-order valence-corrected chi connectivity index (χ0v) is 7.24. The molecule has 1 saturated heterocycles. The zero-order valence-electron chi connectivity index (χ0n) is 7.24. The summed E-state index contributed by atoms with van der Waals surface area (Å²) in [6.45, 7) is 1.78. The molecule has 0 radical (unpaired) electrons. The Morgan fingerprint density at radius 3 is 2.85 bits per heavy atom. The SMILES string of the molecule is CC(=O)C1CO/C(=N\C(=O)NN)C1. The van der Waals surface area contributed by atoms with E-state index in [2.05, 4.69) is 4.99 Å². The van der Waals surface area contributed by atoms with Crippen molar-refractivity contribution >= 4 is 17.7 Å². The van der Waals surface area contributed by atoms with Crippen LogP contribution in [-0.2, 0) is 9.53 Å². The second-order valence-electron chi connectivity index (χ2n) is 2.78. The average Bonchev–Trinajstić information content (AvgIpc) is 2.52. The van der Waals surface area contributed by atoms with Gasteiger partial charge in [-0.15, -0.1) is 0 Å². The monoisotopic (exact) mass is 185 g/mol. The average molecular weight is 185 g/mol. The molecule has 1 atom stereocenters. The number of amides is 2. The lowest BCUT2D eigenvalue weighted by molar-refractivity contribution is -0.120. The highest BCUT2D eigenvalue weighted by Crippen LogP contribution is 2.15. The van der Waals surface area contributed by atoms with Gasteiger partial charge in [-0.25, -0.2) is 10.6 Å². The molecule has 1 fully saturated rings. The number of nitrogens with zero attached hydrogens (tertiary/aromatic N) is 1. The first-order valence-corrected chi connectivity index (χ1v) is 3.85. The van der Waals surface area contributed by atoms with E-state index in [-0.39, 0.29) is 17.6 Å². The van der Waals surface area contributed by atoms with Crippen molar-refractivity contribution in [1.29, 1.82) is 0 Å². The van der Waals surface area contributed by atoms with E-state index in [1.165, 1.54) is 6.92 Å². The van der Waals surface area contributed by atoms with Crippen molar-refractivity contribution in [1.82, 2.24) is 5.43 Å². The lowest BCUT2D eigenvalue weighted by atomic mass is 10.1. The van der Waals surface area contributed by atoms with Gasteiger partial charge in [0.2, 0.25) is 0 Å². The molecule has 13 heavy (non-hydrogen) atoms.